The van der Waals surface area contributed by atoms with E-state index < -0.39 is 0 Å². The zero-order valence-corrected chi connectivity index (χ0v) is 11.7. The van der Waals surface area contributed by atoms with Gasteiger partial charge in [0.2, 0.25) is 0 Å². The van der Waals surface area contributed by atoms with E-state index in [1.807, 2.05) is 0 Å². The van der Waals surface area contributed by atoms with Gasteiger partial charge in [-0.05, 0) is 18.9 Å². The molecule has 2 fully saturated rings. The van der Waals surface area contributed by atoms with Crippen LogP contribution in [0.3, 0.4) is 0 Å². The lowest BCUT2D eigenvalue weighted by molar-refractivity contribution is 0.273. The first-order valence-corrected chi connectivity index (χ1v) is 10.2. The van der Waals surface area contributed by atoms with E-state index >= 15 is 0 Å². The molecule has 0 bridgehead atoms. The molecule has 0 radical (unpaired) electrons. The van der Waals surface area contributed by atoms with Crippen LogP contribution in [0, 0.1) is 0 Å². The van der Waals surface area contributed by atoms with E-state index in [1.165, 1.54) is 25.7 Å². The number of hydrogen-bond donors (Lipinski definition) is 0. The minimum atomic E-state index is -0.332. The molecule has 0 aromatic rings. The van der Waals surface area contributed by atoms with Crippen LogP contribution in [0.25, 0.3) is 0 Å². The van der Waals surface area contributed by atoms with Gasteiger partial charge in [0, 0.05) is 15.6 Å². The van der Waals surface area contributed by atoms with Crippen LogP contribution in [0.1, 0.15) is 39.5 Å². The largest absolute Gasteiger partial charge is 0.322 e. The minimum absolute atomic E-state index is 0.332. The van der Waals surface area contributed by atoms with Gasteiger partial charge in [-0.25, -0.2) is 0 Å². The van der Waals surface area contributed by atoms with Crippen LogP contribution in [-0.4, -0.2) is 35.1 Å². The van der Waals surface area contributed by atoms with Crippen LogP contribution in [0.15, 0.2) is 0 Å². The van der Waals surface area contributed by atoms with Crippen molar-refractivity contribution >= 4 is 18.5 Å². The number of nitrogens with zero attached hydrogens (tertiary/aromatic N) is 1. The highest BCUT2D eigenvalue weighted by Gasteiger charge is 2.34. The summed E-state index contributed by atoms with van der Waals surface area (Å²) in [4.78, 5) is 0. The van der Waals surface area contributed by atoms with Crippen LogP contribution in [0.5, 0.6) is 0 Å². The van der Waals surface area contributed by atoms with Crippen molar-refractivity contribution < 1.29 is 0 Å². The van der Waals surface area contributed by atoms with Gasteiger partial charge in [0.1, 0.15) is 8.96 Å². The van der Waals surface area contributed by atoms with Crippen molar-refractivity contribution in [2.24, 2.45) is 0 Å². The highest BCUT2D eigenvalue weighted by atomic mass is 28.4. The lowest BCUT2D eigenvalue weighted by Crippen LogP contribution is -2.54. The van der Waals surface area contributed by atoms with Gasteiger partial charge in [-0.3, -0.25) is 0 Å². The van der Waals surface area contributed by atoms with Crippen molar-refractivity contribution in [3.63, 3.8) is 0 Å². The SMILES string of the molecule is CC(C)N(C1CCCC1)[SiH]1C[SiH2]C1. The maximum Gasteiger partial charge on any atom is 0.106 e. The van der Waals surface area contributed by atoms with Crippen LogP contribution >= 0.6 is 0 Å². The van der Waals surface area contributed by atoms with Gasteiger partial charge in [-0.15, -0.1) is 0 Å². The Hall–Kier alpha value is 0.394. The van der Waals surface area contributed by atoms with Crippen molar-refractivity contribution in [1.82, 2.24) is 4.57 Å². The van der Waals surface area contributed by atoms with E-state index in [2.05, 4.69) is 18.4 Å². The van der Waals surface area contributed by atoms with E-state index in [-0.39, 0.29) is 8.96 Å². The standard InChI is InChI=1S/C10H23NSi2/c1-9(2)11(13-7-12-8-13)10-5-3-4-6-10/h9-10,13H,3-8,12H2,1-2H3. The third kappa shape index (κ3) is 2.08. The monoisotopic (exact) mass is 213 g/mol. The Morgan fingerprint density at radius 2 is 1.85 bits per heavy atom. The maximum atomic E-state index is 2.99. The van der Waals surface area contributed by atoms with Gasteiger partial charge < -0.3 is 4.57 Å². The molecule has 0 unspecified atom stereocenters. The molecule has 1 saturated carbocycles. The summed E-state index contributed by atoms with van der Waals surface area (Å²) in [7, 11) is 0.144. The Balaban J connectivity index is 1.94. The molecule has 13 heavy (non-hydrogen) atoms. The fourth-order valence-electron chi connectivity index (χ4n) is 3.03. The predicted molar refractivity (Wildman–Crippen MR) is 64.5 cm³/mol. The second-order valence-corrected chi connectivity index (χ2v) is 12.3. The zero-order chi connectivity index (χ0) is 9.26. The molecule has 0 atom stereocenters. The van der Waals surface area contributed by atoms with Gasteiger partial charge >= 0.3 is 0 Å². The molecular formula is C10H23NSi2. The number of rotatable bonds is 3. The van der Waals surface area contributed by atoms with E-state index in [0.29, 0.717) is 9.52 Å². The average molecular weight is 213 g/mol. The van der Waals surface area contributed by atoms with Crippen molar-refractivity contribution in [2.75, 3.05) is 0 Å². The first-order chi connectivity index (χ1) is 6.29. The highest BCUT2D eigenvalue weighted by Crippen LogP contribution is 2.29. The molecular weight excluding hydrogens is 190 g/mol. The third-order valence-corrected chi connectivity index (χ3v) is 14.3. The van der Waals surface area contributed by atoms with E-state index in [1.54, 1.807) is 11.3 Å². The molecule has 0 amide bonds. The summed E-state index contributed by atoms with van der Waals surface area (Å²) in [6.45, 7) is 4.84. The molecule has 0 aromatic carbocycles. The zero-order valence-electron chi connectivity index (χ0n) is 9.13. The first kappa shape index (κ1) is 9.93. The molecule has 0 aromatic heterocycles. The summed E-state index contributed by atoms with van der Waals surface area (Å²) in [6, 6.07) is 1.88. The second-order valence-electron chi connectivity index (χ2n) is 5.06. The quantitative estimate of drug-likeness (QED) is 0.642. The van der Waals surface area contributed by atoms with Gasteiger partial charge in [-0.1, -0.05) is 38.0 Å². The summed E-state index contributed by atoms with van der Waals surface area (Å²) in [5.74, 6) is 0. The second kappa shape index (κ2) is 4.28. The maximum absolute atomic E-state index is 2.99. The van der Waals surface area contributed by atoms with E-state index in [4.69, 9.17) is 0 Å². The highest BCUT2D eigenvalue weighted by molar-refractivity contribution is 6.84. The minimum Gasteiger partial charge on any atom is -0.322 e. The molecule has 2 aliphatic rings. The van der Waals surface area contributed by atoms with Crippen molar-refractivity contribution in [3.8, 4) is 0 Å². The fraction of sp³-hybridized carbons (Fsp3) is 1.00. The third-order valence-electron chi connectivity index (χ3n) is 3.84. The van der Waals surface area contributed by atoms with Crippen LogP contribution in [0.4, 0.5) is 0 Å². The van der Waals surface area contributed by atoms with E-state index in [0.717, 1.165) is 12.1 Å². The Bertz CT molecular complexity index is 162. The van der Waals surface area contributed by atoms with E-state index in [9.17, 15) is 0 Å². The lowest BCUT2D eigenvalue weighted by atomic mass is 10.2. The average Bonchev–Trinajstić information content (AvgIpc) is 2.46. The summed E-state index contributed by atoms with van der Waals surface area (Å²) in [5, 5.41) is 0. The van der Waals surface area contributed by atoms with Gasteiger partial charge in [0.15, 0.2) is 0 Å². The number of hydrogen-bond acceptors (Lipinski definition) is 1. The fourth-order valence-corrected chi connectivity index (χ4v) is 10.2. The Labute approximate surface area is 86.4 Å². The molecule has 1 saturated heterocycles. The Morgan fingerprint density at radius 1 is 1.23 bits per heavy atom. The van der Waals surface area contributed by atoms with Gasteiger partial charge in [0.25, 0.3) is 0 Å². The normalized spacial score (nSPS) is 31.8. The first-order valence-electron chi connectivity index (χ1n) is 6.06. The van der Waals surface area contributed by atoms with Crippen molar-refractivity contribution in [2.45, 2.75) is 62.9 Å². The van der Waals surface area contributed by atoms with Crippen LogP contribution in [0.2, 0.25) is 11.3 Å². The summed E-state index contributed by atoms with van der Waals surface area (Å²) in [6.07, 6.45) is 6.05. The molecule has 1 nitrogen and oxygen atoms in total. The van der Waals surface area contributed by atoms with Crippen LogP contribution < -0.4 is 0 Å². The molecule has 1 aliphatic heterocycles. The Morgan fingerprint density at radius 3 is 2.23 bits per heavy atom. The van der Waals surface area contributed by atoms with Crippen LogP contribution in [-0.2, 0) is 0 Å². The molecule has 2 rings (SSSR count). The Kier molecular flexibility index (Phi) is 3.27. The molecule has 0 N–H and O–H groups in total. The van der Waals surface area contributed by atoms with Crippen molar-refractivity contribution in [3.05, 3.63) is 0 Å². The lowest BCUT2D eigenvalue weighted by Gasteiger charge is -2.43. The topological polar surface area (TPSA) is 3.24 Å². The summed E-state index contributed by atoms with van der Waals surface area (Å²) < 4.78 is 2.99. The summed E-state index contributed by atoms with van der Waals surface area (Å²) >= 11 is 0. The predicted octanol–water partition coefficient (Wildman–Crippen LogP) is 1.46. The smallest absolute Gasteiger partial charge is 0.106 e. The van der Waals surface area contributed by atoms with Gasteiger partial charge in [0.05, 0.1) is 0 Å². The molecule has 1 aliphatic carbocycles. The van der Waals surface area contributed by atoms with Gasteiger partial charge in [-0.2, -0.15) is 0 Å². The molecule has 3 heteroatoms. The summed E-state index contributed by atoms with van der Waals surface area (Å²) in [5.41, 5.74) is 3.49. The molecule has 0 spiro atoms. The molecule has 1 heterocycles. The molecule has 76 valence electrons. The van der Waals surface area contributed by atoms with Crippen molar-refractivity contribution in [1.29, 1.82) is 0 Å².